The molecule has 0 saturated heterocycles. The number of benzene rings is 1. The summed E-state index contributed by atoms with van der Waals surface area (Å²) in [6.45, 7) is 4.07. The Labute approximate surface area is 132 Å². The third kappa shape index (κ3) is 4.58. The SMILES string of the molecule is Cc1ccc(C=NNC(=O)CNc2cccc(Cl)c2C)s1. The van der Waals surface area contributed by atoms with Crippen LogP contribution in [0.1, 0.15) is 15.3 Å². The molecule has 0 saturated carbocycles. The predicted octanol–water partition coefficient (Wildman–Crippen LogP) is 3.58. The van der Waals surface area contributed by atoms with E-state index in [0.29, 0.717) is 5.02 Å². The van der Waals surface area contributed by atoms with Gasteiger partial charge in [0.25, 0.3) is 5.91 Å². The van der Waals surface area contributed by atoms with E-state index in [1.165, 1.54) is 4.88 Å². The maximum Gasteiger partial charge on any atom is 0.259 e. The van der Waals surface area contributed by atoms with E-state index in [2.05, 4.69) is 15.8 Å². The Bertz CT molecular complexity index is 667. The van der Waals surface area contributed by atoms with Crippen molar-refractivity contribution >= 4 is 40.7 Å². The third-order valence-electron chi connectivity index (χ3n) is 2.85. The van der Waals surface area contributed by atoms with Crippen LogP contribution in [0.25, 0.3) is 0 Å². The van der Waals surface area contributed by atoms with Crippen LogP contribution in [0.4, 0.5) is 5.69 Å². The molecule has 0 bridgehead atoms. The van der Waals surface area contributed by atoms with Gasteiger partial charge in [0.15, 0.2) is 0 Å². The highest BCUT2D eigenvalue weighted by atomic mass is 35.5. The molecule has 1 aromatic carbocycles. The molecule has 21 heavy (non-hydrogen) atoms. The number of carbonyl (C=O) groups is 1. The number of hydrogen-bond donors (Lipinski definition) is 2. The molecule has 0 atom stereocenters. The van der Waals surface area contributed by atoms with Gasteiger partial charge in [-0.05, 0) is 43.7 Å². The van der Waals surface area contributed by atoms with Gasteiger partial charge in [0.2, 0.25) is 0 Å². The summed E-state index contributed by atoms with van der Waals surface area (Å²) >= 11 is 7.64. The third-order valence-corrected chi connectivity index (χ3v) is 4.19. The summed E-state index contributed by atoms with van der Waals surface area (Å²) in [5, 5.41) is 7.64. The molecule has 0 aliphatic heterocycles. The lowest BCUT2D eigenvalue weighted by atomic mass is 10.2. The van der Waals surface area contributed by atoms with Gasteiger partial charge in [0, 0.05) is 20.5 Å². The Morgan fingerprint density at radius 1 is 1.33 bits per heavy atom. The van der Waals surface area contributed by atoms with Crippen molar-refractivity contribution in [2.45, 2.75) is 13.8 Å². The van der Waals surface area contributed by atoms with Crippen LogP contribution in [0.5, 0.6) is 0 Å². The molecule has 2 aromatic rings. The molecule has 1 aromatic heterocycles. The molecule has 1 heterocycles. The summed E-state index contributed by atoms with van der Waals surface area (Å²) in [4.78, 5) is 13.9. The second kappa shape index (κ2) is 7.24. The molecule has 110 valence electrons. The number of nitrogens with zero attached hydrogens (tertiary/aromatic N) is 1. The average Bonchev–Trinajstić information content (AvgIpc) is 2.86. The van der Waals surface area contributed by atoms with Gasteiger partial charge in [-0.1, -0.05) is 17.7 Å². The number of nitrogens with one attached hydrogen (secondary N) is 2. The number of amides is 1. The van der Waals surface area contributed by atoms with E-state index in [4.69, 9.17) is 11.6 Å². The molecule has 0 aliphatic rings. The fourth-order valence-electron chi connectivity index (χ4n) is 1.70. The first kappa shape index (κ1) is 15.5. The molecule has 0 fully saturated rings. The number of carbonyl (C=O) groups excluding carboxylic acids is 1. The van der Waals surface area contributed by atoms with Crippen molar-refractivity contribution in [2.24, 2.45) is 5.10 Å². The van der Waals surface area contributed by atoms with Crippen LogP contribution < -0.4 is 10.7 Å². The maximum atomic E-state index is 11.7. The van der Waals surface area contributed by atoms with Crippen LogP contribution in [0, 0.1) is 13.8 Å². The topological polar surface area (TPSA) is 53.5 Å². The predicted molar refractivity (Wildman–Crippen MR) is 89.5 cm³/mol. The fraction of sp³-hybridized carbons (Fsp3) is 0.200. The Hall–Kier alpha value is -1.85. The standard InChI is InChI=1S/C15H16ClN3OS/c1-10-6-7-12(21-10)8-18-19-15(20)9-17-14-5-3-4-13(16)11(14)2/h3-8,17H,9H2,1-2H3,(H,19,20). The van der Waals surface area contributed by atoms with Crippen molar-refractivity contribution in [2.75, 3.05) is 11.9 Å². The zero-order valence-electron chi connectivity index (χ0n) is 11.8. The molecule has 0 spiro atoms. The number of hydrogen-bond acceptors (Lipinski definition) is 4. The summed E-state index contributed by atoms with van der Waals surface area (Å²) in [6.07, 6.45) is 1.64. The molecular weight excluding hydrogens is 306 g/mol. The van der Waals surface area contributed by atoms with E-state index in [1.54, 1.807) is 17.6 Å². The van der Waals surface area contributed by atoms with E-state index < -0.39 is 0 Å². The van der Waals surface area contributed by atoms with Crippen LogP contribution in [0.15, 0.2) is 35.4 Å². The van der Waals surface area contributed by atoms with Crippen molar-refractivity contribution in [3.05, 3.63) is 50.7 Å². The lowest BCUT2D eigenvalue weighted by molar-refractivity contribution is -0.119. The molecule has 1 amide bonds. The summed E-state index contributed by atoms with van der Waals surface area (Å²) in [5.74, 6) is -0.209. The number of aryl methyl sites for hydroxylation is 1. The first-order valence-electron chi connectivity index (χ1n) is 6.43. The van der Waals surface area contributed by atoms with Crippen LogP contribution in [-0.4, -0.2) is 18.7 Å². The monoisotopic (exact) mass is 321 g/mol. The number of anilines is 1. The van der Waals surface area contributed by atoms with Gasteiger partial charge in [-0.3, -0.25) is 4.79 Å². The highest BCUT2D eigenvalue weighted by Gasteiger charge is 2.04. The van der Waals surface area contributed by atoms with E-state index in [-0.39, 0.29) is 12.5 Å². The van der Waals surface area contributed by atoms with Gasteiger partial charge in [0.1, 0.15) is 0 Å². The minimum atomic E-state index is -0.209. The summed E-state index contributed by atoms with van der Waals surface area (Å²) in [5.41, 5.74) is 4.25. The Balaban J connectivity index is 1.82. The minimum Gasteiger partial charge on any atom is -0.376 e. The molecular formula is C15H16ClN3OS. The highest BCUT2D eigenvalue weighted by Crippen LogP contribution is 2.22. The van der Waals surface area contributed by atoms with E-state index in [1.807, 2.05) is 44.2 Å². The lowest BCUT2D eigenvalue weighted by Crippen LogP contribution is -2.26. The van der Waals surface area contributed by atoms with E-state index in [9.17, 15) is 4.79 Å². The number of halogens is 1. The quantitative estimate of drug-likeness (QED) is 0.653. The van der Waals surface area contributed by atoms with Gasteiger partial charge in [-0.15, -0.1) is 11.3 Å². The number of thiophene rings is 1. The van der Waals surface area contributed by atoms with E-state index >= 15 is 0 Å². The van der Waals surface area contributed by atoms with Crippen LogP contribution in [0.3, 0.4) is 0 Å². The summed E-state index contributed by atoms with van der Waals surface area (Å²) in [7, 11) is 0. The fourth-order valence-corrected chi connectivity index (χ4v) is 2.63. The first-order chi connectivity index (χ1) is 10.1. The van der Waals surface area contributed by atoms with Gasteiger partial charge < -0.3 is 5.32 Å². The lowest BCUT2D eigenvalue weighted by Gasteiger charge is -2.09. The van der Waals surface area contributed by atoms with Crippen LogP contribution >= 0.6 is 22.9 Å². The van der Waals surface area contributed by atoms with Crippen LogP contribution in [0.2, 0.25) is 5.02 Å². The Kier molecular flexibility index (Phi) is 5.36. The van der Waals surface area contributed by atoms with E-state index in [0.717, 1.165) is 16.1 Å². The maximum absolute atomic E-state index is 11.7. The Morgan fingerprint density at radius 2 is 2.14 bits per heavy atom. The molecule has 4 nitrogen and oxygen atoms in total. The van der Waals surface area contributed by atoms with Crippen LogP contribution in [-0.2, 0) is 4.79 Å². The molecule has 0 radical (unpaired) electrons. The van der Waals surface area contributed by atoms with Gasteiger partial charge in [-0.2, -0.15) is 5.10 Å². The second-order valence-electron chi connectivity index (χ2n) is 4.51. The highest BCUT2D eigenvalue weighted by molar-refractivity contribution is 7.13. The van der Waals surface area contributed by atoms with Crippen molar-refractivity contribution in [3.8, 4) is 0 Å². The number of hydrazone groups is 1. The average molecular weight is 322 g/mol. The minimum absolute atomic E-state index is 0.141. The smallest absolute Gasteiger partial charge is 0.259 e. The van der Waals surface area contributed by atoms with Crippen molar-refractivity contribution in [3.63, 3.8) is 0 Å². The normalized spacial score (nSPS) is 10.8. The van der Waals surface area contributed by atoms with Crippen molar-refractivity contribution < 1.29 is 4.79 Å². The molecule has 6 heteroatoms. The Morgan fingerprint density at radius 3 is 2.86 bits per heavy atom. The molecule has 2 N–H and O–H groups in total. The van der Waals surface area contributed by atoms with Gasteiger partial charge >= 0.3 is 0 Å². The van der Waals surface area contributed by atoms with Crippen molar-refractivity contribution in [1.29, 1.82) is 0 Å². The zero-order chi connectivity index (χ0) is 15.2. The number of rotatable bonds is 5. The largest absolute Gasteiger partial charge is 0.376 e. The summed E-state index contributed by atoms with van der Waals surface area (Å²) in [6, 6.07) is 9.51. The van der Waals surface area contributed by atoms with Gasteiger partial charge in [-0.25, -0.2) is 5.43 Å². The second-order valence-corrected chi connectivity index (χ2v) is 6.23. The first-order valence-corrected chi connectivity index (χ1v) is 7.63. The molecule has 0 unspecified atom stereocenters. The molecule has 0 aliphatic carbocycles. The zero-order valence-corrected chi connectivity index (χ0v) is 13.4. The summed E-state index contributed by atoms with van der Waals surface area (Å²) < 4.78 is 0. The van der Waals surface area contributed by atoms with Gasteiger partial charge in [0.05, 0.1) is 12.8 Å². The molecule has 2 rings (SSSR count). The van der Waals surface area contributed by atoms with Crippen molar-refractivity contribution in [1.82, 2.24) is 5.43 Å².